The van der Waals surface area contributed by atoms with E-state index in [0.29, 0.717) is 0 Å². The van der Waals surface area contributed by atoms with Crippen molar-refractivity contribution >= 4 is 59.6 Å². The molecule has 7 aromatic carbocycles. The van der Waals surface area contributed by atoms with Crippen LogP contribution in [0.5, 0.6) is 0 Å². The second kappa shape index (κ2) is 10.1. The number of aromatic nitrogens is 3. The summed E-state index contributed by atoms with van der Waals surface area (Å²) in [5.41, 5.74) is 9.81. The van der Waals surface area contributed by atoms with Crippen LogP contribution in [0.4, 0.5) is 0 Å². The van der Waals surface area contributed by atoms with Gasteiger partial charge in [-0.3, -0.25) is 0 Å². The van der Waals surface area contributed by atoms with E-state index in [1.54, 1.807) is 0 Å². The molecule has 3 heteroatoms. The van der Waals surface area contributed by atoms with E-state index in [2.05, 4.69) is 158 Å². The van der Waals surface area contributed by atoms with Crippen molar-refractivity contribution in [3.8, 4) is 33.6 Å². The van der Waals surface area contributed by atoms with Gasteiger partial charge in [-0.2, -0.15) is 5.10 Å². The predicted octanol–water partition coefficient (Wildman–Crippen LogP) is 11.5. The van der Waals surface area contributed by atoms with Gasteiger partial charge in [0.05, 0.1) is 27.9 Å². The van der Waals surface area contributed by atoms with Crippen molar-refractivity contribution in [3.63, 3.8) is 0 Å². The average Bonchev–Trinajstić information content (AvgIpc) is 3.52. The molecule has 0 unspecified atom stereocenters. The Labute approximate surface area is 271 Å². The molecule has 0 atom stereocenters. The number of benzene rings is 7. The van der Waals surface area contributed by atoms with Gasteiger partial charge in [0.1, 0.15) is 0 Å². The first-order chi connectivity index (χ1) is 23.3. The summed E-state index contributed by atoms with van der Waals surface area (Å²) in [4.78, 5) is 5.25. The van der Waals surface area contributed by atoms with Crippen LogP contribution in [0.15, 0.2) is 164 Å². The lowest BCUT2D eigenvalue weighted by Crippen LogP contribution is -1.96. The Morgan fingerprint density at radius 1 is 0.404 bits per heavy atom. The SMILES string of the molecule is c1ccc2c(-c3c4ccccc4c(-c4ccc5ccc(-c6cccc7c8ccccc8nn67)nc5c4)c4ccccc34)cccc2c1. The van der Waals surface area contributed by atoms with Crippen molar-refractivity contribution in [1.29, 1.82) is 0 Å². The van der Waals surface area contributed by atoms with Crippen molar-refractivity contribution < 1.29 is 0 Å². The monoisotopic (exact) mass is 597 g/mol. The lowest BCUT2D eigenvalue weighted by molar-refractivity contribution is 0.984. The Balaban J connectivity index is 1.22. The van der Waals surface area contributed by atoms with Crippen LogP contribution in [0.3, 0.4) is 0 Å². The van der Waals surface area contributed by atoms with Crippen molar-refractivity contribution in [1.82, 2.24) is 14.6 Å². The second-order valence-electron chi connectivity index (χ2n) is 12.2. The minimum atomic E-state index is 0.897. The van der Waals surface area contributed by atoms with E-state index >= 15 is 0 Å². The van der Waals surface area contributed by atoms with Crippen LogP contribution in [0, 0.1) is 0 Å². The van der Waals surface area contributed by atoms with Crippen molar-refractivity contribution in [2.45, 2.75) is 0 Å². The third-order valence-electron chi connectivity index (χ3n) is 9.59. The van der Waals surface area contributed by atoms with E-state index in [1.165, 1.54) is 49.0 Å². The summed E-state index contributed by atoms with van der Waals surface area (Å²) in [6, 6.07) is 58.6. The van der Waals surface area contributed by atoms with Gasteiger partial charge in [-0.15, -0.1) is 0 Å². The molecule has 10 aromatic rings. The zero-order chi connectivity index (χ0) is 30.9. The fourth-order valence-electron chi connectivity index (χ4n) is 7.48. The standard InChI is InChI=1S/C44H27N3/c1-2-13-31-28(11-1)12-9-19-32(31)44-35-16-5-3-14-33(35)43(34-15-4-6-17-36(34)44)30-24-23-29-25-26-39(45-40(29)27-30)42-22-10-21-41-37-18-7-8-20-38(37)46-47(41)42/h1-27H. The molecule has 0 aliphatic heterocycles. The van der Waals surface area contributed by atoms with E-state index in [9.17, 15) is 0 Å². The van der Waals surface area contributed by atoms with Crippen LogP contribution in [0.2, 0.25) is 0 Å². The Bertz CT molecular complexity index is 2800. The zero-order valence-corrected chi connectivity index (χ0v) is 25.4. The van der Waals surface area contributed by atoms with Crippen molar-refractivity contribution in [3.05, 3.63) is 164 Å². The minimum Gasteiger partial charge on any atom is -0.246 e. The molecule has 0 N–H and O–H groups in total. The van der Waals surface area contributed by atoms with Crippen LogP contribution in [-0.2, 0) is 0 Å². The first kappa shape index (κ1) is 26.0. The van der Waals surface area contributed by atoms with E-state index in [0.717, 1.165) is 44.3 Å². The molecule has 218 valence electrons. The molecule has 0 aliphatic carbocycles. The molecule has 3 heterocycles. The van der Waals surface area contributed by atoms with Gasteiger partial charge >= 0.3 is 0 Å². The molecule has 10 rings (SSSR count). The van der Waals surface area contributed by atoms with Crippen molar-refractivity contribution in [2.75, 3.05) is 0 Å². The lowest BCUT2D eigenvalue weighted by Gasteiger charge is -2.19. The summed E-state index contributed by atoms with van der Waals surface area (Å²) in [7, 11) is 0. The minimum absolute atomic E-state index is 0.897. The number of hydrogen-bond donors (Lipinski definition) is 0. The molecular weight excluding hydrogens is 571 g/mol. The molecule has 0 fully saturated rings. The molecule has 47 heavy (non-hydrogen) atoms. The molecule has 0 saturated heterocycles. The molecular formula is C44H27N3. The summed E-state index contributed by atoms with van der Waals surface area (Å²) in [5, 5.41) is 14.7. The number of nitrogens with zero attached hydrogens (tertiary/aromatic N) is 3. The smallest absolute Gasteiger partial charge is 0.0934 e. The Kier molecular flexibility index (Phi) is 5.57. The number of fused-ring (bicyclic) bond motifs is 7. The van der Waals surface area contributed by atoms with Crippen LogP contribution in [-0.4, -0.2) is 14.6 Å². The van der Waals surface area contributed by atoms with E-state index < -0.39 is 0 Å². The van der Waals surface area contributed by atoms with Crippen LogP contribution in [0.25, 0.3) is 93.3 Å². The summed E-state index contributed by atoms with van der Waals surface area (Å²) in [6.07, 6.45) is 0. The maximum atomic E-state index is 5.25. The van der Waals surface area contributed by atoms with Crippen molar-refractivity contribution in [2.24, 2.45) is 0 Å². The quantitative estimate of drug-likeness (QED) is 0.190. The summed E-state index contributed by atoms with van der Waals surface area (Å²) >= 11 is 0. The Morgan fingerprint density at radius 2 is 1.02 bits per heavy atom. The maximum Gasteiger partial charge on any atom is 0.0934 e. The number of pyridine rings is 2. The fraction of sp³-hybridized carbons (Fsp3) is 0. The topological polar surface area (TPSA) is 30.2 Å². The lowest BCUT2D eigenvalue weighted by atomic mass is 9.84. The average molecular weight is 598 g/mol. The van der Waals surface area contributed by atoms with E-state index in [-0.39, 0.29) is 0 Å². The van der Waals surface area contributed by atoms with Crippen LogP contribution in [0.1, 0.15) is 0 Å². The molecule has 3 nitrogen and oxygen atoms in total. The molecule has 0 aliphatic rings. The third kappa shape index (κ3) is 3.93. The third-order valence-corrected chi connectivity index (χ3v) is 9.59. The number of hydrogen-bond acceptors (Lipinski definition) is 2. The van der Waals surface area contributed by atoms with Gasteiger partial charge in [-0.1, -0.05) is 133 Å². The highest BCUT2D eigenvalue weighted by Crippen LogP contribution is 2.45. The first-order valence-corrected chi connectivity index (χ1v) is 16.0. The predicted molar refractivity (Wildman–Crippen MR) is 197 cm³/mol. The fourth-order valence-corrected chi connectivity index (χ4v) is 7.48. The van der Waals surface area contributed by atoms with Gasteiger partial charge in [0, 0.05) is 10.8 Å². The normalized spacial score (nSPS) is 11.8. The van der Waals surface area contributed by atoms with Gasteiger partial charge in [-0.25, -0.2) is 9.50 Å². The van der Waals surface area contributed by atoms with E-state index in [1.807, 2.05) is 10.6 Å². The zero-order valence-electron chi connectivity index (χ0n) is 25.4. The Hall–Kier alpha value is -6.32. The van der Waals surface area contributed by atoms with Gasteiger partial charge in [0.15, 0.2) is 0 Å². The molecule has 0 amide bonds. The van der Waals surface area contributed by atoms with E-state index in [4.69, 9.17) is 10.1 Å². The van der Waals surface area contributed by atoms with Gasteiger partial charge < -0.3 is 0 Å². The van der Waals surface area contributed by atoms with Gasteiger partial charge in [-0.05, 0) is 84.9 Å². The van der Waals surface area contributed by atoms with Gasteiger partial charge in [0.25, 0.3) is 0 Å². The molecule has 0 spiro atoms. The maximum absolute atomic E-state index is 5.25. The van der Waals surface area contributed by atoms with Crippen LogP contribution < -0.4 is 0 Å². The number of rotatable bonds is 3. The first-order valence-electron chi connectivity index (χ1n) is 16.0. The van der Waals surface area contributed by atoms with Gasteiger partial charge in [0.2, 0.25) is 0 Å². The highest BCUT2D eigenvalue weighted by atomic mass is 15.2. The van der Waals surface area contributed by atoms with Crippen LogP contribution >= 0.6 is 0 Å². The molecule has 0 saturated carbocycles. The summed E-state index contributed by atoms with van der Waals surface area (Å²) in [5.74, 6) is 0. The molecule has 0 bridgehead atoms. The molecule has 3 aromatic heterocycles. The molecule has 0 radical (unpaired) electrons. The highest BCUT2D eigenvalue weighted by Gasteiger charge is 2.18. The highest BCUT2D eigenvalue weighted by molar-refractivity contribution is 6.23. The largest absolute Gasteiger partial charge is 0.246 e. The second-order valence-corrected chi connectivity index (χ2v) is 12.2. The Morgan fingerprint density at radius 3 is 1.81 bits per heavy atom. The summed E-state index contributed by atoms with van der Waals surface area (Å²) in [6.45, 7) is 0. The summed E-state index contributed by atoms with van der Waals surface area (Å²) < 4.78 is 2.02.